The molecule has 7 nitrogen and oxygen atoms in total. The zero-order chi connectivity index (χ0) is 23.5. The maximum Gasteiger partial charge on any atom is 0.309 e. The minimum absolute atomic E-state index is 0.157. The number of anilines is 2. The molecule has 2 heterocycles. The van der Waals surface area contributed by atoms with E-state index in [-0.39, 0.29) is 12.3 Å². The number of ether oxygens (including phenoxy) is 1. The molecule has 33 heavy (non-hydrogen) atoms. The van der Waals surface area contributed by atoms with Crippen molar-refractivity contribution in [1.82, 2.24) is 4.98 Å². The van der Waals surface area contributed by atoms with Gasteiger partial charge >= 0.3 is 5.97 Å². The average Bonchev–Trinajstić information content (AvgIpc) is 3.44. The smallest absolute Gasteiger partial charge is 0.309 e. The predicted octanol–water partition coefficient (Wildman–Crippen LogP) is 5.45. The Morgan fingerprint density at radius 1 is 1.12 bits per heavy atom. The van der Waals surface area contributed by atoms with Crippen molar-refractivity contribution in [2.24, 2.45) is 0 Å². The lowest BCUT2D eigenvalue weighted by Gasteiger charge is -2.11. The topological polar surface area (TPSA) is 101 Å². The number of aryl methyl sites for hydroxylation is 1. The average molecular weight is 488 g/mol. The lowest BCUT2D eigenvalue weighted by atomic mass is 10.1. The monoisotopic (exact) mass is 487 g/mol. The molecule has 0 spiro atoms. The van der Waals surface area contributed by atoms with Crippen molar-refractivity contribution in [2.45, 2.75) is 45.6 Å². The number of benzene rings is 1. The van der Waals surface area contributed by atoms with E-state index >= 15 is 0 Å². The van der Waals surface area contributed by atoms with Crippen LogP contribution in [0.25, 0.3) is 0 Å². The van der Waals surface area contributed by atoms with Gasteiger partial charge in [0, 0.05) is 35.7 Å². The van der Waals surface area contributed by atoms with Gasteiger partial charge in [0.05, 0.1) is 17.0 Å². The summed E-state index contributed by atoms with van der Waals surface area (Å²) in [6, 6.07) is 12.1. The van der Waals surface area contributed by atoms with Gasteiger partial charge in [-0.1, -0.05) is 24.6 Å². The number of rotatable bonds is 14. The van der Waals surface area contributed by atoms with Crippen molar-refractivity contribution < 1.29 is 19.4 Å². The van der Waals surface area contributed by atoms with Gasteiger partial charge in [-0.05, 0) is 49.9 Å². The lowest BCUT2D eigenvalue weighted by molar-refractivity contribution is -0.136. The Morgan fingerprint density at radius 2 is 1.97 bits per heavy atom. The van der Waals surface area contributed by atoms with E-state index in [1.165, 1.54) is 28.2 Å². The number of hydrogen-bond donors (Lipinski definition) is 3. The number of aromatic nitrogens is 1. The summed E-state index contributed by atoms with van der Waals surface area (Å²) < 4.78 is 5.40. The molecule has 0 aliphatic rings. The molecule has 0 fully saturated rings. The van der Waals surface area contributed by atoms with Crippen molar-refractivity contribution in [2.75, 3.05) is 23.8 Å². The van der Waals surface area contributed by atoms with E-state index in [2.05, 4.69) is 33.8 Å². The molecular formula is C24H29N3O4S2. The number of carboxylic acid groups (broad SMARTS) is 1. The van der Waals surface area contributed by atoms with Gasteiger partial charge in [0.1, 0.15) is 0 Å². The molecule has 1 amide bonds. The van der Waals surface area contributed by atoms with Gasteiger partial charge in [-0.25, -0.2) is 4.98 Å². The molecule has 0 saturated carbocycles. The molecular weight excluding hydrogens is 458 g/mol. The zero-order valence-corrected chi connectivity index (χ0v) is 20.3. The molecule has 0 radical (unpaired) electrons. The minimum Gasteiger partial charge on any atom is -0.481 e. The number of amides is 1. The molecule has 0 aliphatic carbocycles. The van der Waals surface area contributed by atoms with Gasteiger partial charge in [0.25, 0.3) is 5.91 Å². The van der Waals surface area contributed by atoms with Gasteiger partial charge in [-0.15, -0.1) is 22.7 Å². The number of nitrogens with one attached hydrogen (secondary N) is 2. The fourth-order valence-corrected chi connectivity index (χ4v) is 4.84. The van der Waals surface area contributed by atoms with E-state index in [0.717, 1.165) is 49.5 Å². The van der Waals surface area contributed by atoms with Crippen molar-refractivity contribution in [3.63, 3.8) is 0 Å². The van der Waals surface area contributed by atoms with Crippen LogP contribution in [0, 0.1) is 0 Å². The number of thiophene rings is 1. The Hall–Kier alpha value is -2.75. The number of aliphatic carboxylic acids is 1. The Balaban J connectivity index is 1.49. The van der Waals surface area contributed by atoms with Gasteiger partial charge in [-0.3, -0.25) is 14.9 Å². The molecule has 9 heteroatoms. The van der Waals surface area contributed by atoms with E-state index in [4.69, 9.17) is 9.84 Å². The quantitative estimate of drug-likeness (QED) is 0.262. The molecule has 0 bridgehead atoms. The lowest BCUT2D eigenvalue weighted by Crippen LogP contribution is -2.10. The first kappa shape index (κ1) is 24.9. The summed E-state index contributed by atoms with van der Waals surface area (Å²) in [6.45, 7) is 4.26. The van der Waals surface area contributed by atoms with Crippen molar-refractivity contribution >= 4 is 45.4 Å². The second kappa shape index (κ2) is 13.1. The number of nitrogens with zero attached hydrogens (tertiary/aromatic N) is 1. The number of unbranched alkanes of at least 4 members (excludes halogenated alkanes) is 2. The van der Waals surface area contributed by atoms with Crippen LogP contribution in [-0.2, 0) is 28.9 Å². The number of thiazole rings is 1. The second-order valence-corrected chi connectivity index (χ2v) is 9.48. The zero-order valence-electron chi connectivity index (χ0n) is 18.6. The highest BCUT2D eigenvalue weighted by Crippen LogP contribution is 2.23. The van der Waals surface area contributed by atoms with Gasteiger partial charge in [0.15, 0.2) is 5.13 Å². The first-order valence-electron chi connectivity index (χ1n) is 11.0. The van der Waals surface area contributed by atoms with Crippen LogP contribution in [0.3, 0.4) is 0 Å². The highest BCUT2D eigenvalue weighted by molar-refractivity contribution is 7.15. The fourth-order valence-electron chi connectivity index (χ4n) is 3.29. The minimum atomic E-state index is -0.947. The number of hydrogen-bond acceptors (Lipinski definition) is 7. The molecule has 2 aromatic heterocycles. The van der Waals surface area contributed by atoms with E-state index in [1.54, 1.807) is 11.4 Å². The van der Waals surface area contributed by atoms with Gasteiger partial charge < -0.3 is 15.2 Å². The van der Waals surface area contributed by atoms with Crippen molar-refractivity contribution in [3.05, 3.63) is 62.8 Å². The molecule has 0 unspecified atom stereocenters. The summed E-state index contributed by atoms with van der Waals surface area (Å²) in [5, 5.41) is 17.1. The van der Waals surface area contributed by atoms with Gasteiger partial charge in [0.2, 0.25) is 0 Å². The second-order valence-electron chi connectivity index (χ2n) is 7.45. The molecule has 0 aliphatic heterocycles. The van der Waals surface area contributed by atoms with Crippen LogP contribution in [0.1, 0.15) is 52.0 Å². The van der Waals surface area contributed by atoms with E-state index in [9.17, 15) is 9.59 Å². The molecule has 3 rings (SSSR count). The van der Waals surface area contributed by atoms with Crippen LogP contribution in [0.2, 0.25) is 0 Å². The summed E-state index contributed by atoms with van der Waals surface area (Å²) >= 11 is 2.65. The van der Waals surface area contributed by atoms with Crippen LogP contribution in [0.4, 0.5) is 10.8 Å². The Morgan fingerprint density at radius 3 is 2.79 bits per heavy atom. The third kappa shape index (κ3) is 8.27. The Kier molecular flexibility index (Phi) is 9.86. The van der Waals surface area contributed by atoms with E-state index in [0.29, 0.717) is 22.2 Å². The number of carboxylic acids is 1. The predicted molar refractivity (Wildman–Crippen MR) is 134 cm³/mol. The van der Waals surface area contributed by atoms with Crippen LogP contribution >= 0.6 is 22.7 Å². The van der Waals surface area contributed by atoms with E-state index in [1.807, 2.05) is 19.1 Å². The van der Waals surface area contributed by atoms with Crippen LogP contribution in [0.15, 0.2) is 41.8 Å². The third-order valence-corrected chi connectivity index (χ3v) is 6.79. The van der Waals surface area contributed by atoms with Crippen LogP contribution in [0.5, 0.6) is 0 Å². The summed E-state index contributed by atoms with van der Waals surface area (Å²) in [6.07, 6.45) is 4.22. The maximum absolute atomic E-state index is 12.5. The summed E-state index contributed by atoms with van der Waals surface area (Å²) in [4.78, 5) is 29.1. The fraction of sp³-hybridized carbons (Fsp3) is 0.375. The first-order chi connectivity index (χ1) is 16.0. The third-order valence-electron chi connectivity index (χ3n) is 4.90. The standard InChI is InChI=1S/C24H29N3O4S2/c1-2-31-13-7-3-4-8-17-9-5-6-10-20(17)25-15-19-11-12-21(33-19)23(30)27-24-26-18(16-32-24)14-22(28)29/h5-6,9-12,16,25H,2-4,7-8,13-15H2,1H3,(H,28,29)(H,26,27,30). The largest absolute Gasteiger partial charge is 0.481 e. The molecule has 176 valence electrons. The molecule has 3 N–H and O–H groups in total. The normalized spacial score (nSPS) is 10.8. The van der Waals surface area contributed by atoms with E-state index < -0.39 is 5.97 Å². The summed E-state index contributed by atoms with van der Waals surface area (Å²) in [5.74, 6) is -1.19. The molecule has 0 saturated heterocycles. The summed E-state index contributed by atoms with van der Waals surface area (Å²) in [5.41, 5.74) is 2.85. The first-order valence-corrected chi connectivity index (χ1v) is 12.7. The van der Waals surface area contributed by atoms with Crippen LogP contribution < -0.4 is 10.6 Å². The highest BCUT2D eigenvalue weighted by atomic mass is 32.1. The summed E-state index contributed by atoms with van der Waals surface area (Å²) in [7, 11) is 0. The highest BCUT2D eigenvalue weighted by Gasteiger charge is 2.13. The number of para-hydroxylation sites is 1. The SMILES string of the molecule is CCOCCCCCc1ccccc1NCc1ccc(C(=O)Nc2nc(CC(=O)O)cs2)s1. The molecule has 0 atom stereocenters. The Bertz CT molecular complexity index is 1050. The Labute approximate surface area is 201 Å². The maximum atomic E-state index is 12.5. The number of carbonyl (C=O) groups excluding carboxylic acids is 1. The molecule has 1 aromatic carbocycles. The van der Waals surface area contributed by atoms with Gasteiger partial charge in [-0.2, -0.15) is 0 Å². The van der Waals surface area contributed by atoms with Crippen molar-refractivity contribution in [3.8, 4) is 0 Å². The van der Waals surface area contributed by atoms with Crippen LogP contribution in [-0.4, -0.2) is 35.2 Å². The number of carbonyl (C=O) groups is 2. The molecule has 3 aromatic rings. The van der Waals surface area contributed by atoms with Crippen molar-refractivity contribution in [1.29, 1.82) is 0 Å².